The Labute approximate surface area is 125 Å². The Balaban J connectivity index is 1.76. The topological polar surface area (TPSA) is 70.0 Å². The highest BCUT2D eigenvalue weighted by atomic mass is 16.5. The van der Waals surface area contributed by atoms with Crippen LogP contribution in [-0.4, -0.2) is 53.4 Å². The standard InChI is InChI=1S/C16H23NO4/c1-17(12-16(20)7-2-3-8-16)9-10-21-14-6-4-5-13(11-14)15(18)19/h4-6,11,20H,2-3,7-10,12H2,1H3,(H,18,19). The Bertz CT molecular complexity index is 483. The van der Waals surface area contributed by atoms with Crippen LogP contribution in [0.15, 0.2) is 24.3 Å². The fourth-order valence-electron chi connectivity index (χ4n) is 2.81. The van der Waals surface area contributed by atoms with E-state index in [2.05, 4.69) is 4.90 Å². The van der Waals surface area contributed by atoms with E-state index in [1.807, 2.05) is 7.05 Å². The Morgan fingerprint density at radius 1 is 1.38 bits per heavy atom. The maximum Gasteiger partial charge on any atom is 0.335 e. The zero-order chi connectivity index (χ0) is 15.3. The molecule has 1 saturated carbocycles. The molecular formula is C16H23NO4. The number of aromatic carboxylic acids is 1. The summed E-state index contributed by atoms with van der Waals surface area (Å²) in [5.74, 6) is -0.399. The first kappa shape index (κ1) is 15.8. The fraction of sp³-hybridized carbons (Fsp3) is 0.562. The van der Waals surface area contributed by atoms with E-state index in [4.69, 9.17) is 9.84 Å². The van der Waals surface area contributed by atoms with Crippen LogP contribution in [0, 0.1) is 0 Å². The van der Waals surface area contributed by atoms with Gasteiger partial charge in [0.2, 0.25) is 0 Å². The molecule has 1 aliphatic carbocycles. The van der Waals surface area contributed by atoms with Crippen LogP contribution in [0.25, 0.3) is 0 Å². The van der Waals surface area contributed by atoms with Crippen LogP contribution >= 0.6 is 0 Å². The molecule has 0 aliphatic heterocycles. The van der Waals surface area contributed by atoms with Crippen LogP contribution in [0.2, 0.25) is 0 Å². The second-order valence-corrected chi connectivity index (χ2v) is 5.85. The van der Waals surface area contributed by atoms with Gasteiger partial charge < -0.3 is 19.8 Å². The van der Waals surface area contributed by atoms with Crippen LogP contribution in [0.3, 0.4) is 0 Å². The number of carboxylic acids is 1. The highest BCUT2D eigenvalue weighted by Crippen LogP contribution is 2.29. The molecule has 5 heteroatoms. The molecule has 1 aliphatic rings. The Morgan fingerprint density at radius 3 is 2.76 bits per heavy atom. The molecule has 0 radical (unpaired) electrons. The number of nitrogens with zero attached hydrogens (tertiary/aromatic N) is 1. The average Bonchev–Trinajstić information content (AvgIpc) is 2.85. The monoisotopic (exact) mass is 293 g/mol. The van der Waals surface area contributed by atoms with Crippen molar-refractivity contribution in [3.63, 3.8) is 0 Å². The Hall–Kier alpha value is -1.59. The van der Waals surface area contributed by atoms with Crippen LogP contribution in [-0.2, 0) is 0 Å². The van der Waals surface area contributed by atoms with Gasteiger partial charge in [-0.3, -0.25) is 0 Å². The second-order valence-electron chi connectivity index (χ2n) is 5.85. The van der Waals surface area contributed by atoms with Gasteiger partial charge in [0.25, 0.3) is 0 Å². The quantitative estimate of drug-likeness (QED) is 0.804. The molecule has 0 atom stereocenters. The van der Waals surface area contributed by atoms with E-state index in [1.165, 1.54) is 12.1 Å². The van der Waals surface area contributed by atoms with Crippen molar-refractivity contribution in [2.45, 2.75) is 31.3 Å². The predicted octanol–water partition coefficient (Wildman–Crippen LogP) is 2.00. The van der Waals surface area contributed by atoms with Crippen molar-refractivity contribution in [2.75, 3.05) is 26.7 Å². The third kappa shape index (κ3) is 4.72. The normalized spacial score (nSPS) is 17.1. The third-order valence-electron chi connectivity index (χ3n) is 3.92. The third-order valence-corrected chi connectivity index (χ3v) is 3.92. The van der Waals surface area contributed by atoms with E-state index >= 15 is 0 Å². The summed E-state index contributed by atoms with van der Waals surface area (Å²) in [5, 5.41) is 19.2. The minimum absolute atomic E-state index is 0.223. The predicted molar refractivity (Wildman–Crippen MR) is 79.8 cm³/mol. The van der Waals surface area contributed by atoms with Crippen LogP contribution in [0.5, 0.6) is 5.75 Å². The largest absolute Gasteiger partial charge is 0.492 e. The first-order valence-electron chi connectivity index (χ1n) is 7.36. The maximum absolute atomic E-state index is 10.9. The molecule has 0 saturated heterocycles. The number of benzene rings is 1. The lowest BCUT2D eigenvalue weighted by Gasteiger charge is -2.28. The van der Waals surface area contributed by atoms with Gasteiger partial charge in [0.1, 0.15) is 12.4 Å². The number of ether oxygens (including phenoxy) is 1. The minimum atomic E-state index is -0.957. The van der Waals surface area contributed by atoms with Gasteiger partial charge in [-0.25, -0.2) is 4.79 Å². The molecule has 2 N–H and O–H groups in total. The molecule has 0 unspecified atom stereocenters. The molecule has 0 aromatic heterocycles. The van der Waals surface area contributed by atoms with E-state index in [0.29, 0.717) is 25.4 Å². The van der Waals surface area contributed by atoms with Crippen molar-refractivity contribution in [3.05, 3.63) is 29.8 Å². The van der Waals surface area contributed by atoms with Crippen LogP contribution in [0.4, 0.5) is 0 Å². The van der Waals surface area contributed by atoms with Crippen molar-refractivity contribution in [3.8, 4) is 5.75 Å². The number of aliphatic hydroxyl groups is 1. The van der Waals surface area contributed by atoms with Crippen molar-refractivity contribution in [2.24, 2.45) is 0 Å². The number of carbonyl (C=O) groups is 1. The van der Waals surface area contributed by atoms with E-state index in [1.54, 1.807) is 12.1 Å². The van der Waals surface area contributed by atoms with Crippen LogP contribution < -0.4 is 4.74 Å². The van der Waals surface area contributed by atoms with Gasteiger partial charge in [-0.05, 0) is 38.1 Å². The Morgan fingerprint density at radius 2 is 2.10 bits per heavy atom. The van der Waals surface area contributed by atoms with Crippen LogP contribution in [0.1, 0.15) is 36.0 Å². The molecule has 2 rings (SSSR count). The highest BCUT2D eigenvalue weighted by Gasteiger charge is 2.31. The SMILES string of the molecule is CN(CCOc1cccc(C(=O)O)c1)CC1(O)CCCC1. The van der Waals surface area contributed by atoms with Gasteiger partial charge in [-0.15, -0.1) is 0 Å². The number of rotatable bonds is 7. The van der Waals surface area contributed by atoms with Crippen molar-refractivity contribution in [1.29, 1.82) is 0 Å². The van der Waals surface area contributed by atoms with E-state index in [-0.39, 0.29) is 5.56 Å². The Kier molecular flexibility index (Phi) is 5.20. The summed E-state index contributed by atoms with van der Waals surface area (Å²) in [7, 11) is 1.97. The molecule has 1 aromatic carbocycles. The summed E-state index contributed by atoms with van der Waals surface area (Å²) >= 11 is 0. The summed E-state index contributed by atoms with van der Waals surface area (Å²) < 4.78 is 5.58. The molecule has 0 amide bonds. The lowest BCUT2D eigenvalue weighted by Crippen LogP contribution is -2.40. The van der Waals surface area contributed by atoms with Gasteiger partial charge in [0, 0.05) is 13.1 Å². The highest BCUT2D eigenvalue weighted by molar-refractivity contribution is 5.87. The van der Waals surface area contributed by atoms with Crippen molar-refractivity contribution >= 4 is 5.97 Å². The second kappa shape index (κ2) is 6.91. The number of hydrogen-bond donors (Lipinski definition) is 2. The zero-order valence-electron chi connectivity index (χ0n) is 12.4. The molecule has 0 bridgehead atoms. The van der Waals surface area contributed by atoms with Gasteiger partial charge in [-0.2, -0.15) is 0 Å². The van der Waals surface area contributed by atoms with Crippen molar-refractivity contribution in [1.82, 2.24) is 4.90 Å². The first-order valence-corrected chi connectivity index (χ1v) is 7.36. The average molecular weight is 293 g/mol. The minimum Gasteiger partial charge on any atom is -0.492 e. The number of likely N-dealkylation sites (N-methyl/N-ethyl adjacent to an activating group) is 1. The van der Waals surface area contributed by atoms with Gasteiger partial charge in [-0.1, -0.05) is 18.9 Å². The molecule has 5 nitrogen and oxygen atoms in total. The molecular weight excluding hydrogens is 270 g/mol. The molecule has 21 heavy (non-hydrogen) atoms. The molecule has 116 valence electrons. The number of hydrogen-bond acceptors (Lipinski definition) is 4. The summed E-state index contributed by atoms with van der Waals surface area (Å²) in [4.78, 5) is 12.9. The van der Waals surface area contributed by atoms with E-state index in [9.17, 15) is 9.90 Å². The molecule has 1 aromatic rings. The van der Waals surface area contributed by atoms with E-state index < -0.39 is 11.6 Å². The van der Waals surface area contributed by atoms with E-state index in [0.717, 1.165) is 25.7 Å². The fourth-order valence-corrected chi connectivity index (χ4v) is 2.81. The summed E-state index contributed by atoms with van der Waals surface area (Å²) in [6.45, 7) is 1.82. The van der Waals surface area contributed by atoms with Gasteiger partial charge in [0.15, 0.2) is 0 Å². The maximum atomic E-state index is 10.9. The molecule has 0 spiro atoms. The zero-order valence-corrected chi connectivity index (χ0v) is 12.4. The lowest BCUT2D eigenvalue weighted by atomic mass is 10.0. The van der Waals surface area contributed by atoms with Gasteiger partial charge >= 0.3 is 5.97 Å². The van der Waals surface area contributed by atoms with Gasteiger partial charge in [0.05, 0.1) is 11.2 Å². The summed E-state index contributed by atoms with van der Waals surface area (Å²) in [6.07, 6.45) is 3.95. The smallest absolute Gasteiger partial charge is 0.335 e. The lowest BCUT2D eigenvalue weighted by molar-refractivity contribution is 0.0138. The summed E-state index contributed by atoms with van der Waals surface area (Å²) in [6, 6.07) is 6.48. The summed E-state index contributed by atoms with van der Waals surface area (Å²) in [5.41, 5.74) is -0.320. The molecule has 1 fully saturated rings. The number of carboxylic acid groups (broad SMARTS) is 1. The van der Waals surface area contributed by atoms with Crippen molar-refractivity contribution < 1.29 is 19.7 Å². The molecule has 0 heterocycles. The first-order chi connectivity index (χ1) is 9.98.